The Balaban J connectivity index is 1.42. The number of nitrogens with zero attached hydrogens (tertiary/aromatic N) is 1. The van der Waals surface area contributed by atoms with Gasteiger partial charge in [-0.05, 0) is 97.6 Å². The van der Waals surface area contributed by atoms with Crippen LogP contribution in [0.4, 0.5) is 17.1 Å². The van der Waals surface area contributed by atoms with E-state index in [-0.39, 0.29) is 21.9 Å². The summed E-state index contributed by atoms with van der Waals surface area (Å²) in [5.41, 5.74) is 4.72. The van der Waals surface area contributed by atoms with Gasteiger partial charge in [-0.25, -0.2) is 18.1 Å². The summed E-state index contributed by atoms with van der Waals surface area (Å²) in [5.74, 6) is -1.57. The van der Waals surface area contributed by atoms with E-state index in [1.54, 1.807) is 60.7 Å². The zero-order valence-electron chi connectivity index (χ0n) is 26.4. The van der Waals surface area contributed by atoms with E-state index in [1.165, 1.54) is 20.3 Å². The number of thioether (sulfide) groups is 1. The minimum atomic E-state index is -3.90. The molecular weight excluding hydrogens is 639 g/mol. The molecule has 0 fully saturated rings. The summed E-state index contributed by atoms with van der Waals surface area (Å²) < 4.78 is 38.8. The number of carbonyl (C=O) groups is 3. The van der Waals surface area contributed by atoms with Crippen LogP contribution in [-0.4, -0.2) is 40.4 Å². The summed E-state index contributed by atoms with van der Waals surface area (Å²) in [6.45, 7) is 5.77. The van der Waals surface area contributed by atoms with E-state index in [0.717, 1.165) is 33.4 Å². The SMILES string of the molecule is COC(=O)c1ccccc1CS(=O)(=O)Nc1ccc(SC2=C(Nc3cc(C)ccc3OC)C(=O)N(c3ccc(C)c(C)c3)C2=O)cc1. The van der Waals surface area contributed by atoms with Crippen molar-refractivity contribution in [3.63, 3.8) is 0 Å². The minimum Gasteiger partial charge on any atom is -0.495 e. The molecule has 0 aliphatic carbocycles. The predicted octanol–water partition coefficient (Wildman–Crippen LogP) is 6.34. The number of ether oxygens (including phenoxy) is 2. The molecule has 4 aromatic carbocycles. The number of hydrogen-bond donors (Lipinski definition) is 2. The molecule has 1 aliphatic rings. The van der Waals surface area contributed by atoms with Crippen molar-refractivity contribution < 1.29 is 32.3 Å². The lowest BCUT2D eigenvalue weighted by Gasteiger charge is -2.17. The molecule has 242 valence electrons. The number of anilines is 3. The van der Waals surface area contributed by atoms with E-state index in [2.05, 4.69) is 10.0 Å². The van der Waals surface area contributed by atoms with Crippen LogP contribution in [0.25, 0.3) is 0 Å². The van der Waals surface area contributed by atoms with E-state index >= 15 is 0 Å². The Bertz CT molecular complexity index is 2020. The maximum Gasteiger partial charge on any atom is 0.338 e. The number of sulfonamides is 1. The third-order valence-corrected chi connectivity index (χ3v) is 9.85. The molecule has 0 saturated heterocycles. The Labute approximate surface area is 277 Å². The molecule has 2 amide bonds. The van der Waals surface area contributed by atoms with E-state index in [9.17, 15) is 22.8 Å². The minimum absolute atomic E-state index is 0.0937. The van der Waals surface area contributed by atoms with Crippen molar-refractivity contribution in [3.05, 3.63) is 123 Å². The van der Waals surface area contributed by atoms with Gasteiger partial charge in [0.1, 0.15) is 16.4 Å². The van der Waals surface area contributed by atoms with Crippen molar-refractivity contribution in [3.8, 4) is 5.75 Å². The number of aryl methyl sites for hydroxylation is 3. The number of benzene rings is 4. The van der Waals surface area contributed by atoms with Gasteiger partial charge >= 0.3 is 5.97 Å². The van der Waals surface area contributed by atoms with Crippen LogP contribution in [0.15, 0.2) is 100 Å². The monoisotopic (exact) mass is 671 g/mol. The van der Waals surface area contributed by atoms with Gasteiger partial charge in [-0.3, -0.25) is 14.3 Å². The summed E-state index contributed by atoms with van der Waals surface area (Å²) in [6.07, 6.45) is 0. The maximum atomic E-state index is 13.9. The van der Waals surface area contributed by atoms with Gasteiger partial charge in [-0.2, -0.15) is 0 Å². The number of esters is 1. The van der Waals surface area contributed by atoms with E-state index < -0.39 is 33.6 Å². The van der Waals surface area contributed by atoms with Gasteiger partial charge < -0.3 is 14.8 Å². The second-order valence-corrected chi connectivity index (χ2v) is 13.7. The lowest BCUT2D eigenvalue weighted by atomic mass is 10.1. The second-order valence-electron chi connectivity index (χ2n) is 10.9. The Kier molecular flexibility index (Phi) is 9.73. The van der Waals surface area contributed by atoms with Crippen molar-refractivity contribution in [1.82, 2.24) is 0 Å². The van der Waals surface area contributed by atoms with Crippen molar-refractivity contribution in [2.75, 3.05) is 29.2 Å². The zero-order valence-corrected chi connectivity index (χ0v) is 28.0. The summed E-state index contributed by atoms with van der Waals surface area (Å²) in [7, 11) is -1.15. The van der Waals surface area contributed by atoms with Crippen LogP contribution in [-0.2, 0) is 30.1 Å². The highest BCUT2D eigenvalue weighted by Crippen LogP contribution is 2.40. The number of imide groups is 1. The van der Waals surface area contributed by atoms with Gasteiger partial charge in [0.15, 0.2) is 0 Å². The molecule has 0 atom stereocenters. The van der Waals surface area contributed by atoms with Crippen molar-refractivity contribution >= 4 is 56.6 Å². The van der Waals surface area contributed by atoms with E-state index in [0.29, 0.717) is 27.6 Å². The van der Waals surface area contributed by atoms with Crippen molar-refractivity contribution in [2.24, 2.45) is 0 Å². The Morgan fingerprint density at radius 3 is 2.26 bits per heavy atom. The third kappa shape index (κ3) is 7.34. The van der Waals surface area contributed by atoms with Gasteiger partial charge in [0.25, 0.3) is 11.8 Å². The maximum absolute atomic E-state index is 13.9. The molecule has 10 nitrogen and oxygen atoms in total. The molecule has 0 unspecified atom stereocenters. The zero-order chi connectivity index (χ0) is 33.9. The number of amides is 2. The molecule has 12 heteroatoms. The first-order chi connectivity index (χ1) is 22.4. The van der Waals surface area contributed by atoms with E-state index in [4.69, 9.17) is 9.47 Å². The number of hydrogen-bond acceptors (Lipinski definition) is 9. The van der Waals surface area contributed by atoms with Crippen LogP contribution >= 0.6 is 11.8 Å². The van der Waals surface area contributed by atoms with Crippen LogP contribution in [0.2, 0.25) is 0 Å². The standard InChI is InChI=1S/C35H33N3O7S2/c1-21-10-17-30(44-4)29(18-21)36-31-32(34(40)38(33(31)39)26-14-11-22(2)23(3)19-26)46-27-15-12-25(13-16-27)37-47(42,43)20-24-8-6-7-9-28(24)35(41)45-5/h6-19,36-37H,20H2,1-5H3. The normalized spacial score (nSPS) is 13.2. The van der Waals surface area contributed by atoms with Gasteiger partial charge in [-0.15, -0.1) is 0 Å². The fraction of sp³-hybridized carbons (Fsp3) is 0.171. The fourth-order valence-electron chi connectivity index (χ4n) is 4.95. The van der Waals surface area contributed by atoms with Crippen LogP contribution in [0.5, 0.6) is 5.75 Å². The fourth-order valence-corrected chi connectivity index (χ4v) is 7.11. The lowest BCUT2D eigenvalue weighted by molar-refractivity contribution is -0.120. The highest BCUT2D eigenvalue weighted by Gasteiger charge is 2.40. The first kappa shape index (κ1) is 33.3. The number of nitrogens with one attached hydrogen (secondary N) is 2. The van der Waals surface area contributed by atoms with Crippen molar-refractivity contribution in [1.29, 1.82) is 0 Å². The summed E-state index contributed by atoms with van der Waals surface area (Å²) >= 11 is 1.09. The topological polar surface area (TPSA) is 131 Å². The average molecular weight is 672 g/mol. The second kappa shape index (κ2) is 13.7. The molecule has 0 saturated carbocycles. The molecule has 5 rings (SSSR count). The van der Waals surface area contributed by atoms with Crippen LogP contribution in [0.1, 0.15) is 32.6 Å². The smallest absolute Gasteiger partial charge is 0.338 e. The number of methoxy groups -OCH3 is 2. The van der Waals surface area contributed by atoms with Crippen LogP contribution < -0.4 is 19.7 Å². The molecule has 47 heavy (non-hydrogen) atoms. The molecule has 0 aromatic heterocycles. The first-order valence-corrected chi connectivity index (χ1v) is 16.9. The summed E-state index contributed by atoms with van der Waals surface area (Å²) in [6, 6.07) is 23.6. The highest BCUT2D eigenvalue weighted by molar-refractivity contribution is 8.04. The molecule has 1 heterocycles. The number of rotatable bonds is 11. The average Bonchev–Trinajstić information content (AvgIpc) is 3.26. The molecule has 0 radical (unpaired) electrons. The highest BCUT2D eigenvalue weighted by atomic mass is 32.2. The molecule has 0 spiro atoms. The predicted molar refractivity (Wildman–Crippen MR) is 183 cm³/mol. The Hall–Kier alpha value is -5.07. The van der Waals surface area contributed by atoms with Gasteiger partial charge in [-0.1, -0.05) is 42.1 Å². The van der Waals surface area contributed by atoms with Crippen molar-refractivity contribution in [2.45, 2.75) is 31.4 Å². The quantitative estimate of drug-likeness (QED) is 0.139. The van der Waals surface area contributed by atoms with Crippen LogP contribution in [0, 0.1) is 20.8 Å². The lowest BCUT2D eigenvalue weighted by Crippen LogP contribution is -2.32. The summed E-state index contributed by atoms with van der Waals surface area (Å²) in [4.78, 5) is 41.8. The van der Waals surface area contributed by atoms with Gasteiger partial charge in [0.05, 0.1) is 36.9 Å². The van der Waals surface area contributed by atoms with E-state index in [1.807, 2.05) is 39.0 Å². The Morgan fingerprint density at radius 2 is 1.57 bits per heavy atom. The molecular formula is C35H33N3O7S2. The largest absolute Gasteiger partial charge is 0.495 e. The Morgan fingerprint density at radius 1 is 0.851 bits per heavy atom. The van der Waals surface area contributed by atoms with Gasteiger partial charge in [0.2, 0.25) is 10.0 Å². The molecule has 4 aromatic rings. The first-order valence-electron chi connectivity index (χ1n) is 14.5. The molecule has 2 N–H and O–H groups in total. The number of carbonyl (C=O) groups excluding carboxylic acids is 3. The molecule has 1 aliphatic heterocycles. The third-order valence-electron chi connectivity index (χ3n) is 7.52. The van der Waals surface area contributed by atoms with Gasteiger partial charge in [0, 0.05) is 10.6 Å². The van der Waals surface area contributed by atoms with Crippen LogP contribution in [0.3, 0.4) is 0 Å². The summed E-state index contributed by atoms with van der Waals surface area (Å²) in [5, 5.41) is 3.16. The molecule has 0 bridgehead atoms.